The number of ether oxygens (including phenoxy) is 1. The fourth-order valence-electron chi connectivity index (χ4n) is 5.29. The summed E-state index contributed by atoms with van der Waals surface area (Å²) in [5, 5.41) is 0. The Balaban J connectivity index is 1.73. The molecule has 1 saturated carbocycles. The first-order valence-corrected chi connectivity index (χ1v) is 15.6. The molecule has 0 amide bonds. The van der Waals surface area contributed by atoms with Crippen molar-refractivity contribution in [3.05, 3.63) is 72.4 Å². The molecule has 0 aromatic rings. The van der Waals surface area contributed by atoms with Crippen molar-refractivity contribution in [2.75, 3.05) is 0 Å². The van der Waals surface area contributed by atoms with Gasteiger partial charge in [0, 0.05) is 12.3 Å². The van der Waals surface area contributed by atoms with Crippen LogP contribution in [0.2, 0.25) is 0 Å². The topological polar surface area (TPSA) is 77.5 Å². The van der Waals surface area contributed by atoms with Crippen LogP contribution < -0.4 is 0 Å². The van der Waals surface area contributed by atoms with Crippen LogP contribution >= 0.6 is 0 Å². The van der Waals surface area contributed by atoms with Crippen molar-refractivity contribution in [1.82, 2.24) is 0 Å². The third-order valence-corrected chi connectivity index (χ3v) is 7.82. The number of hydrogen-bond acceptors (Lipinski definition) is 5. The van der Waals surface area contributed by atoms with Gasteiger partial charge in [0.2, 0.25) is 0 Å². The second-order valence-corrected chi connectivity index (χ2v) is 11.3. The van der Waals surface area contributed by atoms with E-state index < -0.39 is 11.9 Å². The van der Waals surface area contributed by atoms with Gasteiger partial charge in [-0.3, -0.25) is 19.2 Å². The number of esters is 2. The summed E-state index contributed by atoms with van der Waals surface area (Å²) in [5.74, 6) is -0.632. The summed E-state index contributed by atoms with van der Waals surface area (Å²) in [6.45, 7) is 8.32. The first-order chi connectivity index (χ1) is 19.9. The fourth-order valence-corrected chi connectivity index (χ4v) is 5.29. The Kier molecular flexibility index (Phi) is 16.6. The monoisotopic (exact) mass is 562 g/mol. The lowest BCUT2D eigenvalue weighted by molar-refractivity contribution is -0.153. The predicted molar refractivity (Wildman–Crippen MR) is 166 cm³/mol. The van der Waals surface area contributed by atoms with Gasteiger partial charge in [0.05, 0.1) is 18.8 Å². The van der Waals surface area contributed by atoms with Gasteiger partial charge in [-0.25, -0.2) is 0 Å². The second kappa shape index (κ2) is 19.9. The summed E-state index contributed by atoms with van der Waals surface area (Å²) in [5.41, 5.74) is 2.64. The van der Waals surface area contributed by atoms with Crippen LogP contribution in [-0.4, -0.2) is 23.5 Å². The zero-order valence-electron chi connectivity index (χ0n) is 25.3. The molecule has 3 atom stereocenters. The highest BCUT2D eigenvalue weighted by Gasteiger charge is 2.32. The van der Waals surface area contributed by atoms with Crippen LogP contribution in [0.1, 0.15) is 110 Å². The van der Waals surface area contributed by atoms with Gasteiger partial charge >= 0.3 is 11.9 Å². The third-order valence-electron chi connectivity index (χ3n) is 7.82. The average molecular weight is 563 g/mol. The van der Waals surface area contributed by atoms with Crippen LogP contribution in [0.5, 0.6) is 0 Å². The Labute approximate surface area is 247 Å². The number of carbonyl (C=O) groups excluding carboxylic acids is 4. The number of allylic oxidation sites excluding steroid dienone is 11. The molecule has 0 N–H and O–H groups in total. The van der Waals surface area contributed by atoms with Crippen molar-refractivity contribution in [2.45, 2.75) is 110 Å². The molecule has 1 heterocycles. The van der Waals surface area contributed by atoms with E-state index in [-0.39, 0.29) is 36.2 Å². The van der Waals surface area contributed by atoms with Crippen molar-refractivity contribution in [2.24, 2.45) is 17.8 Å². The number of Topliss-reactive ketones (excluding diaryl/α,β-unsaturated/α-hetero) is 2. The molecule has 1 saturated heterocycles. The Morgan fingerprint density at radius 3 is 2.20 bits per heavy atom. The smallest absolute Gasteiger partial charge is 0.317 e. The molecule has 2 fully saturated rings. The minimum absolute atomic E-state index is 0.0888. The molecule has 5 nitrogen and oxygen atoms in total. The van der Waals surface area contributed by atoms with Gasteiger partial charge in [-0.15, -0.1) is 6.58 Å². The third kappa shape index (κ3) is 13.9. The van der Waals surface area contributed by atoms with Crippen LogP contribution in [0.3, 0.4) is 0 Å². The molecule has 224 valence electrons. The predicted octanol–water partition coefficient (Wildman–Crippen LogP) is 8.67. The van der Waals surface area contributed by atoms with Gasteiger partial charge in [0.1, 0.15) is 11.6 Å². The van der Waals surface area contributed by atoms with E-state index in [2.05, 4.69) is 73.8 Å². The first kappa shape index (κ1) is 34.1. The molecular formula is C36H50O5. The summed E-state index contributed by atoms with van der Waals surface area (Å²) in [6.07, 6.45) is 31.4. The van der Waals surface area contributed by atoms with Crippen LogP contribution in [0.4, 0.5) is 0 Å². The minimum Gasteiger partial charge on any atom is -0.393 e. The van der Waals surface area contributed by atoms with Crippen molar-refractivity contribution in [1.29, 1.82) is 0 Å². The summed E-state index contributed by atoms with van der Waals surface area (Å²) in [6, 6.07) is 0. The second-order valence-electron chi connectivity index (χ2n) is 11.3. The van der Waals surface area contributed by atoms with Crippen molar-refractivity contribution < 1.29 is 23.9 Å². The fraction of sp³-hybridized carbons (Fsp3) is 0.556. The number of rotatable bonds is 20. The van der Waals surface area contributed by atoms with Crippen LogP contribution in [0.15, 0.2) is 72.4 Å². The molecule has 0 aromatic carbocycles. The SMILES string of the molecule is C=CC(C/C=C/CC/C(=C\CC1CC(=O)CC1=O)CCC)CC/C=C/C/C(=C/CC1CC(=O)OC1=O)C/C=C/CC. The molecule has 2 rings (SSSR count). The van der Waals surface area contributed by atoms with E-state index in [9.17, 15) is 19.2 Å². The van der Waals surface area contributed by atoms with Crippen LogP contribution in [0, 0.1) is 17.8 Å². The number of carbonyl (C=O) groups is 4. The van der Waals surface area contributed by atoms with E-state index in [4.69, 9.17) is 0 Å². The quantitative estimate of drug-likeness (QED) is 0.0843. The van der Waals surface area contributed by atoms with Crippen molar-refractivity contribution in [3.8, 4) is 0 Å². The number of ketones is 2. The van der Waals surface area contributed by atoms with E-state index >= 15 is 0 Å². The van der Waals surface area contributed by atoms with Crippen LogP contribution in [0.25, 0.3) is 0 Å². The van der Waals surface area contributed by atoms with Gasteiger partial charge in [-0.2, -0.15) is 0 Å². The molecule has 0 spiro atoms. The maximum absolute atomic E-state index is 11.9. The molecule has 1 aliphatic carbocycles. The molecule has 2 aliphatic rings. The summed E-state index contributed by atoms with van der Waals surface area (Å²) >= 11 is 0. The molecule has 1 aliphatic heterocycles. The highest BCUT2D eigenvalue weighted by Crippen LogP contribution is 2.25. The molecule has 41 heavy (non-hydrogen) atoms. The lowest BCUT2D eigenvalue weighted by Gasteiger charge is -2.09. The molecule has 3 unspecified atom stereocenters. The first-order valence-electron chi connectivity index (χ1n) is 15.6. The maximum atomic E-state index is 11.9. The van der Waals surface area contributed by atoms with Crippen LogP contribution in [-0.2, 0) is 23.9 Å². The van der Waals surface area contributed by atoms with E-state index in [1.165, 1.54) is 11.1 Å². The van der Waals surface area contributed by atoms with Gasteiger partial charge in [0.15, 0.2) is 0 Å². The molecule has 5 heteroatoms. The Morgan fingerprint density at radius 2 is 1.56 bits per heavy atom. The van der Waals surface area contributed by atoms with Gasteiger partial charge < -0.3 is 4.74 Å². The lowest BCUT2D eigenvalue weighted by atomic mass is 9.96. The zero-order chi connectivity index (χ0) is 29.9. The van der Waals surface area contributed by atoms with Crippen molar-refractivity contribution in [3.63, 3.8) is 0 Å². The molecule has 0 radical (unpaired) electrons. The molecule has 0 aromatic heterocycles. The standard InChI is InChI=1S/C36H50O5/c1-4-7-10-18-30(22-24-32-26-35(39)41-36(32)40)20-14-9-12-17-28(6-3)16-11-8-13-19-29(15-5-2)21-23-31-25-33(37)27-34(31)38/h6-11,14,21-22,28,31-32H,3-5,12-13,15-20,23-27H2,1-2H3/b10-7+,11-8+,14-9+,29-21-,30-22+. The van der Waals surface area contributed by atoms with Crippen molar-refractivity contribution >= 4 is 23.5 Å². The Morgan fingerprint density at radius 1 is 0.854 bits per heavy atom. The van der Waals surface area contributed by atoms with E-state index in [0.29, 0.717) is 25.2 Å². The minimum atomic E-state index is -0.418. The molecular weight excluding hydrogens is 512 g/mol. The highest BCUT2D eigenvalue weighted by atomic mass is 16.6. The normalized spacial score (nSPS) is 21.2. The maximum Gasteiger partial charge on any atom is 0.317 e. The summed E-state index contributed by atoms with van der Waals surface area (Å²) < 4.78 is 4.68. The van der Waals surface area contributed by atoms with E-state index in [1.807, 2.05) is 6.08 Å². The van der Waals surface area contributed by atoms with Gasteiger partial charge in [-0.1, -0.05) is 86.1 Å². The average Bonchev–Trinajstić information content (AvgIpc) is 3.45. The largest absolute Gasteiger partial charge is 0.393 e. The number of hydrogen-bond donors (Lipinski definition) is 0. The highest BCUT2D eigenvalue weighted by molar-refractivity contribution is 6.07. The Bertz CT molecular complexity index is 1040. The van der Waals surface area contributed by atoms with E-state index in [0.717, 1.165) is 64.2 Å². The lowest BCUT2D eigenvalue weighted by Crippen LogP contribution is -2.06. The Hall–Kier alpha value is -3.08. The molecule has 0 bridgehead atoms. The number of cyclic esters (lactones) is 2. The zero-order valence-corrected chi connectivity index (χ0v) is 25.3. The van der Waals surface area contributed by atoms with Gasteiger partial charge in [-0.05, 0) is 76.5 Å². The van der Waals surface area contributed by atoms with Gasteiger partial charge in [0.25, 0.3) is 0 Å². The summed E-state index contributed by atoms with van der Waals surface area (Å²) in [7, 11) is 0. The van der Waals surface area contributed by atoms with E-state index in [1.54, 1.807) is 0 Å². The summed E-state index contributed by atoms with van der Waals surface area (Å²) in [4.78, 5) is 46.6.